The molecule has 6 aliphatic rings. The quantitative estimate of drug-likeness (QED) is 0.211. The number of hydrogen-bond acceptors (Lipinski definition) is 2. The van der Waals surface area contributed by atoms with E-state index in [2.05, 4.69) is 89.8 Å². The van der Waals surface area contributed by atoms with Gasteiger partial charge >= 0.3 is 0 Å². The van der Waals surface area contributed by atoms with E-state index in [0.29, 0.717) is 5.41 Å². The van der Waals surface area contributed by atoms with Crippen molar-refractivity contribution in [3.05, 3.63) is 28.4 Å². The summed E-state index contributed by atoms with van der Waals surface area (Å²) in [6, 6.07) is 0. The minimum atomic E-state index is -1.46. The molecule has 4 aliphatic carbocycles. The Labute approximate surface area is 247 Å². The summed E-state index contributed by atoms with van der Waals surface area (Å²) in [4.78, 5) is 3.24. The first-order valence-corrected chi connectivity index (χ1v) is 20.0. The van der Waals surface area contributed by atoms with Crippen LogP contribution in [0.3, 0.4) is 0 Å². The molecule has 36 heavy (non-hydrogen) atoms. The van der Waals surface area contributed by atoms with Gasteiger partial charge in [-0.25, -0.2) is 0 Å². The van der Waals surface area contributed by atoms with Gasteiger partial charge in [-0.3, -0.25) is 0 Å². The predicted octanol–water partition coefficient (Wildman–Crippen LogP) is 10.2. The van der Waals surface area contributed by atoms with Gasteiger partial charge in [-0.15, -0.1) is 23.5 Å². The van der Waals surface area contributed by atoms with Gasteiger partial charge in [-0.1, -0.05) is 70.7 Å². The Hall–Kier alpha value is 1.09. The fraction of sp³-hybridized carbons (Fsp3) is 0.844. The Kier molecular flexibility index (Phi) is 8.33. The summed E-state index contributed by atoms with van der Waals surface area (Å²) in [7, 11) is -1.46. The minimum Gasteiger partial charge on any atom is -0.327 e. The van der Waals surface area contributed by atoms with Crippen molar-refractivity contribution in [3.63, 3.8) is 0 Å². The molecule has 8 unspecified atom stereocenters. The first-order valence-electron chi connectivity index (χ1n) is 15.1. The molecular weight excluding hydrogens is 660 g/mol. The molecule has 0 spiro atoms. The Morgan fingerprint density at radius 3 is 1.92 bits per heavy atom. The molecule has 4 fully saturated rings. The second kappa shape index (κ2) is 10.5. The van der Waals surface area contributed by atoms with Crippen molar-refractivity contribution in [3.8, 4) is 0 Å². The molecule has 4 saturated carbocycles. The number of thioether (sulfide) groups is 2. The van der Waals surface area contributed by atoms with E-state index < -0.39 is 8.07 Å². The molecule has 0 aromatic heterocycles. The van der Waals surface area contributed by atoms with E-state index in [4.69, 9.17) is 0 Å². The van der Waals surface area contributed by atoms with Gasteiger partial charge in [0.05, 0.1) is 0 Å². The van der Waals surface area contributed by atoms with Crippen LogP contribution in [0.2, 0.25) is 24.2 Å². The van der Waals surface area contributed by atoms with E-state index in [9.17, 15) is 0 Å². The maximum atomic E-state index is 2.95. The van der Waals surface area contributed by atoms with Crippen molar-refractivity contribution in [1.29, 1.82) is 0 Å². The van der Waals surface area contributed by atoms with Gasteiger partial charge in [0.1, 0.15) is 0 Å². The molecule has 2 heterocycles. The average Bonchev–Trinajstić information content (AvgIpc) is 3.53. The molecule has 0 bridgehead atoms. The van der Waals surface area contributed by atoms with Crippen LogP contribution >= 0.6 is 23.5 Å². The standard InChI is InChI=1S/C32H51S2Si.W/c1-19-17-26-27-18-20(2)34-30(27)31(29(26)33-19)35(6,7)28-16-15-24-23(9-8-10-25(24)28)21-11-13-22(14-12-21)32(3,4)5;/h16-18,21-31H,8-15H2,1-7H3;/q-1;. The SMILES string of the molecule is CC1=CC2C3C=C(C)SC3C([Si](C)(C)C3[CH-]CC4C(C5CCC(C(C)(C)C)CC5)CCCC43)C2S1.[W]. The van der Waals surface area contributed by atoms with Crippen LogP contribution < -0.4 is 0 Å². The molecule has 0 radical (unpaired) electrons. The summed E-state index contributed by atoms with van der Waals surface area (Å²) in [5.74, 6) is 6.72. The average molecular weight is 712 g/mol. The van der Waals surface area contributed by atoms with E-state index in [1.807, 2.05) is 0 Å². The van der Waals surface area contributed by atoms with E-state index in [-0.39, 0.29) is 21.1 Å². The summed E-state index contributed by atoms with van der Waals surface area (Å²) < 4.78 is 0. The zero-order chi connectivity index (χ0) is 24.7. The Balaban J connectivity index is 0.00000267. The molecule has 4 heteroatoms. The molecule has 0 nitrogen and oxygen atoms in total. The first-order chi connectivity index (χ1) is 16.6. The van der Waals surface area contributed by atoms with Gasteiger partial charge in [0.25, 0.3) is 0 Å². The summed E-state index contributed by atoms with van der Waals surface area (Å²) in [5, 5.41) is 1.76. The zero-order valence-electron chi connectivity index (χ0n) is 24.0. The monoisotopic (exact) mass is 711 g/mol. The van der Waals surface area contributed by atoms with Crippen LogP contribution in [0.25, 0.3) is 0 Å². The second-order valence-electron chi connectivity index (χ2n) is 15.1. The van der Waals surface area contributed by atoms with Crippen molar-refractivity contribution in [1.82, 2.24) is 0 Å². The van der Waals surface area contributed by atoms with E-state index in [1.54, 1.807) is 22.7 Å². The third kappa shape index (κ3) is 4.81. The molecule has 6 rings (SSSR count). The first kappa shape index (κ1) is 28.6. The third-order valence-corrected chi connectivity index (χ3v) is 20.1. The number of allylic oxidation sites excluding steroid dienone is 4. The molecule has 0 aromatic rings. The van der Waals surface area contributed by atoms with Crippen molar-refractivity contribution >= 4 is 31.6 Å². The molecule has 0 aromatic carbocycles. The largest absolute Gasteiger partial charge is 0.327 e. The van der Waals surface area contributed by atoms with Crippen molar-refractivity contribution in [2.75, 3.05) is 0 Å². The van der Waals surface area contributed by atoms with Gasteiger partial charge < -0.3 is 6.42 Å². The third-order valence-electron chi connectivity index (χ3n) is 12.0. The summed E-state index contributed by atoms with van der Waals surface area (Å²) in [6.45, 7) is 17.9. The van der Waals surface area contributed by atoms with Crippen LogP contribution in [0, 0.1) is 53.3 Å². The minimum absolute atomic E-state index is 0. The molecule has 202 valence electrons. The van der Waals surface area contributed by atoms with Crippen molar-refractivity contribution in [2.24, 2.45) is 46.8 Å². The summed E-state index contributed by atoms with van der Waals surface area (Å²) >= 11 is 4.56. The van der Waals surface area contributed by atoms with Gasteiger partial charge in [0.2, 0.25) is 0 Å². The fourth-order valence-electron chi connectivity index (χ4n) is 10.4. The normalized spacial score (nSPS) is 46.5. The number of fused-ring (bicyclic) bond motifs is 4. The Bertz CT molecular complexity index is 847. The van der Waals surface area contributed by atoms with Gasteiger partial charge in [-0.05, 0) is 96.3 Å². The molecule has 0 N–H and O–H groups in total. The van der Waals surface area contributed by atoms with Crippen LogP contribution in [0.15, 0.2) is 22.0 Å². The van der Waals surface area contributed by atoms with Crippen LogP contribution in [-0.2, 0) is 21.1 Å². The maximum Gasteiger partial charge on any atom is 0.0273 e. The van der Waals surface area contributed by atoms with Gasteiger partial charge in [0, 0.05) is 39.6 Å². The van der Waals surface area contributed by atoms with Crippen LogP contribution in [0.5, 0.6) is 0 Å². The van der Waals surface area contributed by atoms with Crippen molar-refractivity contribution < 1.29 is 21.1 Å². The molecule has 8 atom stereocenters. The Morgan fingerprint density at radius 2 is 1.36 bits per heavy atom. The topological polar surface area (TPSA) is 0 Å². The molecule has 2 aliphatic heterocycles. The van der Waals surface area contributed by atoms with Crippen LogP contribution in [0.4, 0.5) is 0 Å². The zero-order valence-corrected chi connectivity index (χ0v) is 29.5. The molecule has 0 amide bonds. The van der Waals surface area contributed by atoms with Crippen LogP contribution in [0.1, 0.15) is 86.0 Å². The fourth-order valence-corrected chi connectivity index (χ4v) is 20.7. The Morgan fingerprint density at radius 1 is 0.806 bits per heavy atom. The second-order valence-corrected chi connectivity index (χ2v) is 22.9. The smallest absolute Gasteiger partial charge is 0.0273 e. The number of rotatable bonds is 3. The summed E-state index contributed by atoms with van der Waals surface area (Å²) in [5.41, 5.74) is 2.45. The molecular formula is C32H51S2SiW-. The molecule has 0 saturated heterocycles. The maximum absolute atomic E-state index is 2.95. The van der Waals surface area contributed by atoms with E-state index in [1.165, 1.54) is 38.5 Å². The van der Waals surface area contributed by atoms with E-state index in [0.717, 1.165) is 63.0 Å². The van der Waals surface area contributed by atoms with Gasteiger partial charge in [0.15, 0.2) is 0 Å². The summed E-state index contributed by atoms with van der Waals surface area (Å²) in [6.07, 6.45) is 20.4. The van der Waals surface area contributed by atoms with Crippen molar-refractivity contribution in [2.45, 2.75) is 121 Å². The predicted molar refractivity (Wildman–Crippen MR) is 160 cm³/mol. The van der Waals surface area contributed by atoms with Crippen LogP contribution in [-0.4, -0.2) is 18.6 Å². The van der Waals surface area contributed by atoms with E-state index >= 15 is 0 Å². The van der Waals surface area contributed by atoms with Gasteiger partial charge in [-0.2, -0.15) is 12.0 Å². The number of hydrogen-bond donors (Lipinski definition) is 0.